The summed E-state index contributed by atoms with van der Waals surface area (Å²) in [6, 6.07) is 7.36. The number of aliphatic imine (C=N–C) groups is 1. The number of guanidine groups is 1. The summed E-state index contributed by atoms with van der Waals surface area (Å²) in [6.45, 7) is 0.259. The number of halogens is 5. The van der Waals surface area contributed by atoms with E-state index in [1.54, 1.807) is 19.2 Å². The Hall–Kier alpha value is -0.740. The number of alkyl halides is 3. The quantitative estimate of drug-likeness (QED) is 0.386. The molecule has 132 valence electrons. The molecule has 0 spiro atoms. The number of nitrogens with one attached hydrogen (secondary N) is 2. The van der Waals surface area contributed by atoms with E-state index in [0.29, 0.717) is 24.1 Å². The first-order chi connectivity index (χ1) is 10.3. The number of nitrogens with zero attached hydrogens (tertiary/aromatic N) is 2. The van der Waals surface area contributed by atoms with Crippen molar-refractivity contribution in [2.45, 2.75) is 12.7 Å². The molecule has 1 aromatic rings. The lowest BCUT2D eigenvalue weighted by atomic mass is 10.2. The zero-order chi connectivity index (χ0) is 16.6. The Bertz CT molecular complexity index is 480. The van der Waals surface area contributed by atoms with Crippen LogP contribution in [0.4, 0.5) is 13.2 Å². The summed E-state index contributed by atoms with van der Waals surface area (Å²) in [5, 5.41) is 6.72. The summed E-state index contributed by atoms with van der Waals surface area (Å²) in [5.74, 6) is 0.537. The van der Waals surface area contributed by atoms with Crippen molar-refractivity contribution in [1.82, 2.24) is 15.5 Å². The number of likely N-dealkylation sites (N-methyl/N-ethyl adjacent to an activating group) is 1. The molecule has 1 aromatic carbocycles. The molecule has 1 rings (SSSR count). The fraction of sp³-hybridized carbons (Fsp3) is 0.500. The smallest absolute Gasteiger partial charge is 0.355 e. The van der Waals surface area contributed by atoms with E-state index in [4.69, 9.17) is 11.6 Å². The number of hydrogen-bond donors (Lipinski definition) is 2. The minimum atomic E-state index is -4.18. The molecule has 23 heavy (non-hydrogen) atoms. The minimum absolute atomic E-state index is 0. The third-order valence-corrected chi connectivity index (χ3v) is 3.08. The second kappa shape index (κ2) is 10.9. The number of rotatable bonds is 6. The van der Waals surface area contributed by atoms with Gasteiger partial charge in [0, 0.05) is 31.7 Å². The summed E-state index contributed by atoms with van der Waals surface area (Å²) < 4.78 is 36.6. The van der Waals surface area contributed by atoms with Gasteiger partial charge >= 0.3 is 6.18 Å². The van der Waals surface area contributed by atoms with Crippen LogP contribution in [0.5, 0.6) is 0 Å². The average Bonchev–Trinajstić information content (AvgIpc) is 2.42. The molecule has 4 nitrogen and oxygen atoms in total. The fourth-order valence-electron chi connectivity index (χ4n) is 1.76. The molecule has 0 unspecified atom stereocenters. The Labute approximate surface area is 156 Å². The predicted octanol–water partition coefficient (Wildman–Crippen LogP) is 3.12. The molecule has 9 heteroatoms. The minimum Gasteiger partial charge on any atom is -0.355 e. The highest BCUT2D eigenvalue weighted by Crippen LogP contribution is 2.15. The first kappa shape index (κ1) is 22.3. The van der Waals surface area contributed by atoms with Gasteiger partial charge in [0.2, 0.25) is 0 Å². The maximum absolute atomic E-state index is 12.2. The maximum Gasteiger partial charge on any atom is 0.401 e. The van der Waals surface area contributed by atoms with Gasteiger partial charge in [0.1, 0.15) is 0 Å². The lowest BCUT2D eigenvalue weighted by molar-refractivity contribution is -0.142. The van der Waals surface area contributed by atoms with Crippen molar-refractivity contribution in [3.05, 3.63) is 34.9 Å². The molecular weight excluding hydrogens is 444 g/mol. The summed E-state index contributed by atoms with van der Waals surface area (Å²) in [5.41, 5.74) is 1.03. The van der Waals surface area contributed by atoms with Crippen LogP contribution in [0.2, 0.25) is 5.02 Å². The lowest BCUT2D eigenvalue weighted by Gasteiger charge is -2.19. The Morgan fingerprint density at radius 3 is 2.35 bits per heavy atom. The van der Waals surface area contributed by atoms with Crippen LogP contribution in [0.15, 0.2) is 29.3 Å². The third kappa shape index (κ3) is 10.6. The van der Waals surface area contributed by atoms with E-state index < -0.39 is 12.7 Å². The van der Waals surface area contributed by atoms with Crippen molar-refractivity contribution in [2.24, 2.45) is 4.99 Å². The fourth-order valence-corrected chi connectivity index (χ4v) is 1.88. The van der Waals surface area contributed by atoms with Gasteiger partial charge in [-0.25, -0.2) is 0 Å². The standard InChI is InChI=1S/C14H20ClF3N4.HI/c1-19-13(20-7-8-22(2)10-14(16,17)18)21-9-11-3-5-12(15)6-4-11;/h3-6H,7-10H2,1-2H3,(H2,19,20,21);1H. The highest BCUT2D eigenvalue weighted by Gasteiger charge is 2.28. The molecule has 0 aromatic heterocycles. The van der Waals surface area contributed by atoms with Gasteiger partial charge in [-0.05, 0) is 24.7 Å². The molecule has 0 fully saturated rings. The molecule has 2 N–H and O–H groups in total. The number of benzene rings is 1. The molecule has 0 aliphatic carbocycles. The van der Waals surface area contributed by atoms with Crippen LogP contribution < -0.4 is 10.6 Å². The van der Waals surface area contributed by atoms with Crippen molar-refractivity contribution in [3.63, 3.8) is 0 Å². The van der Waals surface area contributed by atoms with Gasteiger partial charge in [0.25, 0.3) is 0 Å². The third-order valence-electron chi connectivity index (χ3n) is 2.83. The van der Waals surface area contributed by atoms with Gasteiger partial charge in [-0.1, -0.05) is 23.7 Å². The topological polar surface area (TPSA) is 39.7 Å². The van der Waals surface area contributed by atoms with E-state index in [2.05, 4.69) is 15.6 Å². The van der Waals surface area contributed by atoms with E-state index >= 15 is 0 Å². The van der Waals surface area contributed by atoms with Crippen LogP contribution >= 0.6 is 35.6 Å². The van der Waals surface area contributed by atoms with Gasteiger partial charge in [0.05, 0.1) is 6.54 Å². The Morgan fingerprint density at radius 2 is 1.83 bits per heavy atom. The van der Waals surface area contributed by atoms with Gasteiger partial charge in [-0.15, -0.1) is 24.0 Å². The van der Waals surface area contributed by atoms with E-state index in [1.807, 2.05) is 12.1 Å². The van der Waals surface area contributed by atoms with Crippen LogP contribution in [-0.2, 0) is 6.54 Å². The van der Waals surface area contributed by atoms with Crippen LogP contribution in [0, 0.1) is 0 Å². The molecule has 0 bridgehead atoms. The van der Waals surface area contributed by atoms with Crippen molar-refractivity contribution in [3.8, 4) is 0 Å². The monoisotopic (exact) mass is 464 g/mol. The zero-order valence-electron chi connectivity index (χ0n) is 13.0. The Morgan fingerprint density at radius 1 is 1.22 bits per heavy atom. The molecule has 0 heterocycles. The van der Waals surface area contributed by atoms with Crippen LogP contribution in [0.1, 0.15) is 5.56 Å². The molecular formula is C14H21ClF3IN4. The highest BCUT2D eigenvalue weighted by molar-refractivity contribution is 14.0. The first-order valence-electron chi connectivity index (χ1n) is 6.74. The zero-order valence-corrected chi connectivity index (χ0v) is 16.0. The molecule has 0 amide bonds. The SMILES string of the molecule is CN=C(NCCN(C)CC(F)(F)F)NCc1ccc(Cl)cc1.I. The van der Waals surface area contributed by atoms with Crippen LogP contribution in [-0.4, -0.2) is 50.8 Å². The predicted molar refractivity (Wildman–Crippen MR) is 98.6 cm³/mol. The molecule has 0 radical (unpaired) electrons. The van der Waals surface area contributed by atoms with E-state index in [-0.39, 0.29) is 30.5 Å². The van der Waals surface area contributed by atoms with Gasteiger partial charge in [-0.3, -0.25) is 9.89 Å². The maximum atomic E-state index is 12.2. The molecule has 0 atom stereocenters. The second-order valence-corrected chi connectivity index (χ2v) is 5.27. The summed E-state index contributed by atoms with van der Waals surface area (Å²) in [7, 11) is 3.04. The molecule has 0 aliphatic rings. The van der Waals surface area contributed by atoms with Crippen molar-refractivity contribution >= 4 is 41.5 Å². The van der Waals surface area contributed by atoms with Gasteiger partial charge < -0.3 is 10.6 Å². The molecule has 0 aliphatic heterocycles. The number of hydrogen-bond acceptors (Lipinski definition) is 2. The second-order valence-electron chi connectivity index (χ2n) is 4.83. The van der Waals surface area contributed by atoms with Crippen LogP contribution in [0.25, 0.3) is 0 Å². The largest absolute Gasteiger partial charge is 0.401 e. The van der Waals surface area contributed by atoms with E-state index in [9.17, 15) is 13.2 Å². The highest BCUT2D eigenvalue weighted by atomic mass is 127. The van der Waals surface area contributed by atoms with Gasteiger partial charge in [-0.2, -0.15) is 13.2 Å². The average molecular weight is 465 g/mol. The Balaban J connectivity index is 0.00000484. The normalized spacial score (nSPS) is 12.0. The molecule has 0 saturated carbocycles. The Kier molecular flexibility index (Phi) is 10.6. The lowest BCUT2D eigenvalue weighted by Crippen LogP contribution is -2.42. The molecule has 0 saturated heterocycles. The van der Waals surface area contributed by atoms with Crippen molar-refractivity contribution in [1.29, 1.82) is 0 Å². The summed E-state index contributed by atoms with van der Waals surface area (Å²) >= 11 is 5.80. The first-order valence-corrected chi connectivity index (χ1v) is 7.12. The van der Waals surface area contributed by atoms with Gasteiger partial charge in [0.15, 0.2) is 5.96 Å². The van der Waals surface area contributed by atoms with E-state index in [1.165, 1.54) is 11.9 Å². The van der Waals surface area contributed by atoms with Crippen molar-refractivity contribution in [2.75, 3.05) is 33.7 Å². The summed E-state index contributed by atoms with van der Waals surface area (Å²) in [4.78, 5) is 5.23. The summed E-state index contributed by atoms with van der Waals surface area (Å²) in [6.07, 6.45) is -4.18. The van der Waals surface area contributed by atoms with Crippen molar-refractivity contribution < 1.29 is 13.2 Å². The van der Waals surface area contributed by atoms with Crippen LogP contribution in [0.3, 0.4) is 0 Å². The van der Waals surface area contributed by atoms with E-state index in [0.717, 1.165) is 5.56 Å².